The number of aromatic nitrogens is 3. The molecule has 4 nitrogen and oxygen atoms in total. The maximum Gasteiger partial charge on any atom is 0.248 e. The van der Waals surface area contributed by atoms with Crippen LogP contribution in [-0.2, 0) is 5.41 Å². The summed E-state index contributed by atoms with van der Waals surface area (Å²) in [6.07, 6.45) is 1.93. The molecular weight excluding hydrogens is 166 g/mol. The van der Waals surface area contributed by atoms with Crippen LogP contribution in [-0.4, -0.2) is 20.7 Å². The van der Waals surface area contributed by atoms with E-state index in [0.29, 0.717) is 12.2 Å². The Morgan fingerprint density at radius 1 is 1.54 bits per heavy atom. The number of hydrogen-bond donors (Lipinski definition) is 0. The van der Waals surface area contributed by atoms with Gasteiger partial charge in [-0.1, -0.05) is 27.7 Å². The molecule has 1 rings (SSSR count). The van der Waals surface area contributed by atoms with E-state index in [4.69, 9.17) is 0 Å². The molecule has 1 heterocycles. The molecule has 0 radical (unpaired) electrons. The molecule has 0 saturated heterocycles. The van der Waals surface area contributed by atoms with Gasteiger partial charge < -0.3 is 0 Å². The number of carbonyl (C=O) groups is 1. The van der Waals surface area contributed by atoms with Crippen molar-refractivity contribution in [3.8, 4) is 0 Å². The minimum absolute atomic E-state index is 0.0250. The van der Waals surface area contributed by atoms with Crippen LogP contribution in [0.1, 0.15) is 44.7 Å². The van der Waals surface area contributed by atoms with Gasteiger partial charge in [0.1, 0.15) is 6.33 Å². The Hall–Kier alpha value is -1.19. The number of rotatable bonds is 1. The third-order valence-corrected chi connectivity index (χ3v) is 1.72. The van der Waals surface area contributed by atoms with E-state index in [-0.39, 0.29) is 11.3 Å². The lowest BCUT2D eigenvalue weighted by molar-refractivity contribution is 0.0892. The standard InChI is InChI=1S/C9H15N3O/c1-5-7(13)12-6-10-8(11-12)9(2,3)4/h6H,5H2,1-4H3. The summed E-state index contributed by atoms with van der Waals surface area (Å²) < 4.78 is 1.31. The van der Waals surface area contributed by atoms with Gasteiger partial charge in [0.15, 0.2) is 5.82 Å². The molecule has 1 aromatic heterocycles. The highest BCUT2D eigenvalue weighted by Crippen LogP contribution is 2.16. The molecule has 0 bridgehead atoms. The average molecular weight is 181 g/mol. The van der Waals surface area contributed by atoms with E-state index >= 15 is 0 Å². The second-order valence-corrected chi connectivity index (χ2v) is 4.01. The zero-order valence-electron chi connectivity index (χ0n) is 8.53. The summed E-state index contributed by atoms with van der Waals surface area (Å²) in [6, 6.07) is 0. The Bertz CT molecular complexity index is 309. The van der Waals surface area contributed by atoms with Gasteiger partial charge in [0.25, 0.3) is 0 Å². The summed E-state index contributed by atoms with van der Waals surface area (Å²) in [4.78, 5) is 15.3. The monoisotopic (exact) mass is 181 g/mol. The smallest absolute Gasteiger partial charge is 0.248 e. The van der Waals surface area contributed by atoms with Crippen molar-refractivity contribution < 1.29 is 4.79 Å². The van der Waals surface area contributed by atoms with Crippen LogP contribution in [0, 0.1) is 0 Å². The van der Waals surface area contributed by atoms with Gasteiger partial charge in [-0.3, -0.25) is 4.79 Å². The third kappa shape index (κ3) is 2.14. The molecule has 0 amide bonds. The van der Waals surface area contributed by atoms with Crippen molar-refractivity contribution >= 4 is 5.91 Å². The van der Waals surface area contributed by atoms with Gasteiger partial charge in [-0.15, -0.1) is 5.10 Å². The Balaban J connectivity index is 2.93. The summed E-state index contributed by atoms with van der Waals surface area (Å²) in [7, 11) is 0. The highest BCUT2D eigenvalue weighted by Gasteiger charge is 2.19. The van der Waals surface area contributed by atoms with E-state index in [1.165, 1.54) is 11.0 Å². The molecule has 4 heteroatoms. The molecular formula is C9H15N3O. The summed E-state index contributed by atoms with van der Waals surface area (Å²) in [5.41, 5.74) is -0.0979. The summed E-state index contributed by atoms with van der Waals surface area (Å²) in [5, 5.41) is 4.11. The van der Waals surface area contributed by atoms with Gasteiger partial charge in [-0.2, -0.15) is 4.68 Å². The zero-order chi connectivity index (χ0) is 10.1. The molecule has 13 heavy (non-hydrogen) atoms. The van der Waals surface area contributed by atoms with Crippen molar-refractivity contribution in [1.82, 2.24) is 14.8 Å². The van der Waals surface area contributed by atoms with Gasteiger partial charge in [0, 0.05) is 11.8 Å². The summed E-state index contributed by atoms with van der Waals surface area (Å²) in [5.74, 6) is 0.678. The maximum absolute atomic E-state index is 11.2. The lowest BCUT2D eigenvalue weighted by atomic mass is 9.96. The first-order valence-corrected chi connectivity index (χ1v) is 4.40. The first kappa shape index (κ1) is 9.89. The van der Waals surface area contributed by atoms with Crippen LogP contribution in [0.2, 0.25) is 0 Å². The van der Waals surface area contributed by atoms with Crippen LogP contribution in [0.25, 0.3) is 0 Å². The van der Waals surface area contributed by atoms with Gasteiger partial charge >= 0.3 is 0 Å². The molecule has 0 unspecified atom stereocenters. The van der Waals surface area contributed by atoms with Gasteiger partial charge in [0.2, 0.25) is 5.91 Å². The van der Waals surface area contributed by atoms with Crippen LogP contribution in [0.3, 0.4) is 0 Å². The Morgan fingerprint density at radius 2 is 2.15 bits per heavy atom. The fraction of sp³-hybridized carbons (Fsp3) is 0.667. The van der Waals surface area contributed by atoms with Crippen LogP contribution in [0.4, 0.5) is 0 Å². The second-order valence-electron chi connectivity index (χ2n) is 4.01. The summed E-state index contributed by atoms with van der Waals surface area (Å²) >= 11 is 0. The minimum Gasteiger partial charge on any atom is -0.273 e. The third-order valence-electron chi connectivity index (χ3n) is 1.72. The van der Waals surface area contributed by atoms with Crippen LogP contribution in [0.5, 0.6) is 0 Å². The number of nitrogens with zero attached hydrogens (tertiary/aromatic N) is 3. The summed E-state index contributed by atoms with van der Waals surface area (Å²) in [6.45, 7) is 7.86. The highest BCUT2D eigenvalue weighted by atomic mass is 16.2. The van der Waals surface area contributed by atoms with Crippen molar-refractivity contribution in [2.24, 2.45) is 0 Å². The molecule has 0 aliphatic heterocycles. The fourth-order valence-electron chi connectivity index (χ4n) is 0.889. The van der Waals surface area contributed by atoms with E-state index in [2.05, 4.69) is 10.1 Å². The van der Waals surface area contributed by atoms with Gasteiger partial charge in [0.05, 0.1) is 0 Å². The van der Waals surface area contributed by atoms with Crippen molar-refractivity contribution in [3.05, 3.63) is 12.2 Å². The first-order valence-electron chi connectivity index (χ1n) is 4.40. The van der Waals surface area contributed by atoms with Crippen molar-refractivity contribution in [3.63, 3.8) is 0 Å². The van der Waals surface area contributed by atoms with Crippen LogP contribution >= 0.6 is 0 Å². The van der Waals surface area contributed by atoms with Crippen LogP contribution < -0.4 is 0 Å². The lowest BCUT2D eigenvalue weighted by Crippen LogP contribution is -2.16. The second kappa shape index (κ2) is 3.28. The molecule has 0 aliphatic rings. The van der Waals surface area contributed by atoms with Crippen molar-refractivity contribution in [1.29, 1.82) is 0 Å². The molecule has 72 valence electrons. The van der Waals surface area contributed by atoms with E-state index in [1.807, 2.05) is 20.8 Å². The van der Waals surface area contributed by atoms with E-state index in [0.717, 1.165) is 0 Å². The SMILES string of the molecule is CCC(=O)n1cnc(C(C)(C)C)n1. The minimum atomic E-state index is -0.0979. The maximum atomic E-state index is 11.2. The lowest BCUT2D eigenvalue weighted by Gasteiger charge is -2.12. The predicted octanol–water partition coefficient (Wildman–Crippen LogP) is 1.63. The first-order chi connectivity index (χ1) is 5.95. The van der Waals surface area contributed by atoms with Crippen molar-refractivity contribution in [2.45, 2.75) is 39.5 Å². The highest BCUT2D eigenvalue weighted by molar-refractivity contribution is 5.77. The molecule has 0 aromatic carbocycles. The molecule has 0 N–H and O–H groups in total. The molecule has 0 spiro atoms. The molecule has 1 aromatic rings. The Morgan fingerprint density at radius 3 is 2.54 bits per heavy atom. The average Bonchev–Trinajstić information content (AvgIpc) is 2.50. The van der Waals surface area contributed by atoms with Gasteiger partial charge in [-0.05, 0) is 0 Å². The molecule has 0 atom stereocenters. The van der Waals surface area contributed by atoms with E-state index < -0.39 is 0 Å². The number of hydrogen-bond acceptors (Lipinski definition) is 3. The van der Waals surface area contributed by atoms with E-state index in [9.17, 15) is 4.79 Å². The molecule has 0 fully saturated rings. The van der Waals surface area contributed by atoms with Crippen LogP contribution in [0.15, 0.2) is 6.33 Å². The normalized spacial score (nSPS) is 11.7. The molecule has 0 saturated carbocycles. The van der Waals surface area contributed by atoms with E-state index in [1.54, 1.807) is 6.92 Å². The van der Waals surface area contributed by atoms with Gasteiger partial charge in [-0.25, -0.2) is 4.98 Å². The predicted molar refractivity (Wildman–Crippen MR) is 49.6 cm³/mol. The fourth-order valence-corrected chi connectivity index (χ4v) is 0.889. The Kier molecular flexibility index (Phi) is 2.50. The number of carbonyl (C=O) groups excluding carboxylic acids is 1. The zero-order valence-corrected chi connectivity index (χ0v) is 8.53. The molecule has 0 aliphatic carbocycles. The topological polar surface area (TPSA) is 47.8 Å². The Labute approximate surface area is 78.0 Å². The van der Waals surface area contributed by atoms with Crippen molar-refractivity contribution in [2.75, 3.05) is 0 Å². The largest absolute Gasteiger partial charge is 0.273 e. The quantitative estimate of drug-likeness (QED) is 0.661.